The van der Waals surface area contributed by atoms with Crippen LogP contribution in [0, 0.1) is 13.8 Å². The Morgan fingerprint density at radius 2 is 1.50 bits per heavy atom. The highest BCUT2D eigenvalue weighted by Crippen LogP contribution is 2.10. The predicted molar refractivity (Wildman–Crippen MR) is 95.6 cm³/mol. The predicted octanol–water partition coefficient (Wildman–Crippen LogP) is 3.89. The maximum atomic E-state index is 12.0. The summed E-state index contributed by atoms with van der Waals surface area (Å²) in [5, 5.41) is 2.71. The van der Waals surface area contributed by atoms with Gasteiger partial charge in [-0.15, -0.1) is 0 Å². The Bertz CT molecular complexity index is 730. The zero-order chi connectivity index (χ0) is 17.5. The number of hydrogen-bond donors (Lipinski definition) is 1. The third-order valence-electron chi connectivity index (χ3n) is 3.47. The molecule has 0 unspecified atom stereocenters. The van der Waals surface area contributed by atoms with Gasteiger partial charge in [0.05, 0.1) is 0 Å². The van der Waals surface area contributed by atoms with Gasteiger partial charge in [0.25, 0.3) is 5.91 Å². The molecule has 0 aromatic heterocycles. The minimum absolute atomic E-state index is 0.365. The van der Waals surface area contributed by atoms with Crippen LogP contribution in [0.1, 0.15) is 23.6 Å². The second-order valence-corrected chi connectivity index (χ2v) is 5.68. The van der Waals surface area contributed by atoms with Crippen molar-refractivity contribution in [2.24, 2.45) is 0 Å². The number of hydrogen-bond acceptors (Lipinski definition) is 3. The van der Waals surface area contributed by atoms with E-state index < -0.39 is 12.1 Å². The van der Waals surface area contributed by atoms with Crippen molar-refractivity contribution in [1.29, 1.82) is 0 Å². The summed E-state index contributed by atoms with van der Waals surface area (Å²) < 4.78 is 5.12. The number of ether oxygens (including phenoxy) is 1. The molecule has 4 heteroatoms. The molecule has 0 aliphatic carbocycles. The van der Waals surface area contributed by atoms with Crippen LogP contribution < -0.4 is 5.32 Å². The average Bonchev–Trinajstić information content (AvgIpc) is 2.56. The van der Waals surface area contributed by atoms with Crippen molar-refractivity contribution in [3.63, 3.8) is 0 Å². The van der Waals surface area contributed by atoms with Crippen LogP contribution >= 0.6 is 0 Å². The first-order chi connectivity index (χ1) is 11.4. The number of nitrogens with one attached hydrogen (secondary N) is 1. The van der Waals surface area contributed by atoms with Crippen LogP contribution in [0.5, 0.6) is 0 Å². The van der Waals surface area contributed by atoms with Crippen LogP contribution in [0.15, 0.2) is 54.6 Å². The summed E-state index contributed by atoms with van der Waals surface area (Å²) >= 11 is 0. The number of carbonyl (C=O) groups is 2. The highest BCUT2D eigenvalue weighted by atomic mass is 16.5. The molecule has 0 heterocycles. The monoisotopic (exact) mass is 323 g/mol. The van der Waals surface area contributed by atoms with Gasteiger partial charge in [-0.25, -0.2) is 4.79 Å². The molecule has 1 atom stereocenters. The first-order valence-electron chi connectivity index (χ1n) is 7.77. The Labute approximate surface area is 142 Å². The van der Waals surface area contributed by atoms with Crippen LogP contribution in [0.25, 0.3) is 6.08 Å². The molecule has 4 nitrogen and oxygen atoms in total. The van der Waals surface area contributed by atoms with Gasteiger partial charge in [0.15, 0.2) is 6.10 Å². The van der Waals surface area contributed by atoms with E-state index in [0.717, 1.165) is 16.7 Å². The summed E-state index contributed by atoms with van der Waals surface area (Å²) in [5.41, 5.74) is 3.82. The number of carbonyl (C=O) groups excluding carboxylic acids is 2. The quantitative estimate of drug-likeness (QED) is 0.671. The van der Waals surface area contributed by atoms with Crippen LogP contribution in [0.4, 0.5) is 5.69 Å². The first-order valence-corrected chi connectivity index (χ1v) is 7.77. The normalized spacial score (nSPS) is 12.0. The lowest BCUT2D eigenvalue weighted by Gasteiger charge is -2.12. The van der Waals surface area contributed by atoms with Crippen molar-refractivity contribution in [1.82, 2.24) is 0 Å². The fourth-order valence-corrected chi connectivity index (χ4v) is 1.99. The lowest BCUT2D eigenvalue weighted by molar-refractivity contribution is -0.148. The maximum absolute atomic E-state index is 12.0. The second kappa shape index (κ2) is 8.11. The van der Waals surface area contributed by atoms with Crippen molar-refractivity contribution in [2.75, 3.05) is 5.32 Å². The van der Waals surface area contributed by atoms with Crippen molar-refractivity contribution >= 4 is 23.6 Å². The Morgan fingerprint density at radius 3 is 2.08 bits per heavy atom. The molecule has 1 N–H and O–H groups in total. The molecular weight excluding hydrogens is 302 g/mol. The van der Waals surface area contributed by atoms with Crippen molar-refractivity contribution < 1.29 is 14.3 Å². The van der Waals surface area contributed by atoms with E-state index in [0.29, 0.717) is 5.69 Å². The standard InChI is InChI=1S/C20H21NO3/c1-14-4-8-17(9-5-14)10-13-19(22)24-16(3)20(23)21-18-11-6-15(2)7-12-18/h4-13,16H,1-3H3,(H,21,23)/b13-10+/t16-/m0/s1. The van der Waals surface area contributed by atoms with Gasteiger partial charge in [-0.05, 0) is 44.5 Å². The molecule has 2 aromatic rings. The number of esters is 1. The van der Waals surface area contributed by atoms with Crippen LogP contribution in [0.2, 0.25) is 0 Å². The van der Waals surface area contributed by atoms with Crippen LogP contribution in [-0.4, -0.2) is 18.0 Å². The first kappa shape index (κ1) is 17.5. The highest BCUT2D eigenvalue weighted by molar-refractivity contribution is 5.96. The summed E-state index contributed by atoms with van der Waals surface area (Å²) in [6, 6.07) is 15.1. The number of anilines is 1. The summed E-state index contributed by atoms with van der Waals surface area (Å²) in [6.07, 6.45) is 2.11. The lowest BCUT2D eigenvalue weighted by Crippen LogP contribution is -2.29. The summed E-state index contributed by atoms with van der Waals surface area (Å²) in [5.74, 6) is -0.918. The van der Waals surface area contributed by atoms with Gasteiger partial charge in [0.2, 0.25) is 0 Å². The molecule has 0 radical (unpaired) electrons. The largest absolute Gasteiger partial charge is 0.449 e. The van der Waals surface area contributed by atoms with E-state index in [-0.39, 0.29) is 5.91 Å². The van der Waals surface area contributed by atoms with Crippen LogP contribution in [0.3, 0.4) is 0 Å². The molecule has 0 saturated carbocycles. The molecule has 124 valence electrons. The molecular formula is C20H21NO3. The smallest absolute Gasteiger partial charge is 0.331 e. The number of benzene rings is 2. The van der Waals surface area contributed by atoms with Crippen molar-refractivity contribution in [3.05, 3.63) is 71.3 Å². The average molecular weight is 323 g/mol. The second-order valence-electron chi connectivity index (χ2n) is 5.68. The Kier molecular flexibility index (Phi) is 5.90. The third kappa shape index (κ3) is 5.39. The molecule has 0 bridgehead atoms. The van der Waals surface area contributed by atoms with E-state index in [9.17, 15) is 9.59 Å². The van der Waals surface area contributed by atoms with Gasteiger partial charge in [-0.3, -0.25) is 4.79 Å². The van der Waals surface area contributed by atoms with Gasteiger partial charge in [0, 0.05) is 11.8 Å². The molecule has 2 rings (SSSR count). The lowest BCUT2D eigenvalue weighted by atomic mass is 10.1. The summed E-state index contributed by atoms with van der Waals surface area (Å²) in [6.45, 7) is 5.51. The van der Waals surface area contributed by atoms with E-state index in [1.807, 2.05) is 50.2 Å². The van der Waals surface area contributed by atoms with E-state index >= 15 is 0 Å². The van der Waals surface area contributed by atoms with Gasteiger partial charge >= 0.3 is 5.97 Å². The Hall–Kier alpha value is -2.88. The van der Waals surface area contributed by atoms with Crippen molar-refractivity contribution in [3.8, 4) is 0 Å². The van der Waals surface area contributed by atoms with E-state index in [1.54, 1.807) is 25.1 Å². The minimum Gasteiger partial charge on any atom is -0.449 e. The molecule has 1 amide bonds. The van der Waals surface area contributed by atoms with Gasteiger partial charge in [0.1, 0.15) is 0 Å². The zero-order valence-electron chi connectivity index (χ0n) is 14.1. The Morgan fingerprint density at radius 1 is 0.958 bits per heavy atom. The van der Waals surface area contributed by atoms with Crippen LogP contribution in [-0.2, 0) is 14.3 Å². The Balaban J connectivity index is 1.87. The van der Waals surface area contributed by atoms with Gasteiger partial charge < -0.3 is 10.1 Å². The fourth-order valence-electron chi connectivity index (χ4n) is 1.99. The number of rotatable bonds is 5. The molecule has 0 aliphatic rings. The molecule has 0 fully saturated rings. The zero-order valence-corrected chi connectivity index (χ0v) is 14.1. The van der Waals surface area contributed by atoms with E-state index in [1.165, 1.54) is 6.08 Å². The minimum atomic E-state index is -0.874. The molecule has 0 saturated heterocycles. The number of amides is 1. The van der Waals surface area contributed by atoms with E-state index in [4.69, 9.17) is 4.74 Å². The topological polar surface area (TPSA) is 55.4 Å². The van der Waals surface area contributed by atoms with Crippen molar-refractivity contribution in [2.45, 2.75) is 26.9 Å². The summed E-state index contributed by atoms with van der Waals surface area (Å²) in [7, 11) is 0. The number of aryl methyl sites for hydroxylation is 2. The van der Waals surface area contributed by atoms with Gasteiger partial charge in [-0.2, -0.15) is 0 Å². The van der Waals surface area contributed by atoms with E-state index in [2.05, 4.69) is 5.32 Å². The molecule has 0 aliphatic heterocycles. The molecule has 24 heavy (non-hydrogen) atoms. The SMILES string of the molecule is Cc1ccc(/C=C/C(=O)O[C@@H](C)C(=O)Nc2ccc(C)cc2)cc1. The third-order valence-corrected chi connectivity index (χ3v) is 3.47. The fraction of sp³-hybridized carbons (Fsp3) is 0.200. The maximum Gasteiger partial charge on any atom is 0.331 e. The highest BCUT2D eigenvalue weighted by Gasteiger charge is 2.16. The van der Waals surface area contributed by atoms with Gasteiger partial charge in [-0.1, -0.05) is 47.5 Å². The molecule has 0 spiro atoms. The molecule has 2 aromatic carbocycles. The summed E-state index contributed by atoms with van der Waals surface area (Å²) in [4.78, 5) is 23.8.